The number of aryl methyl sites for hydroxylation is 1. The number of rotatable bonds is 5. The molecule has 0 radical (unpaired) electrons. The zero-order valence-corrected chi connectivity index (χ0v) is 15.0. The Labute approximate surface area is 152 Å². The molecule has 0 bridgehead atoms. The van der Waals surface area contributed by atoms with Crippen LogP contribution in [0.2, 0.25) is 10.0 Å². The van der Waals surface area contributed by atoms with Gasteiger partial charge in [0, 0.05) is 31.9 Å². The van der Waals surface area contributed by atoms with E-state index < -0.39 is 0 Å². The van der Waals surface area contributed by atoms with Gasteiger partial charge in [-0.15, -0.1) is 0 Å². The van der Waals surface area contributed by atoms with E-state index in [9.17, 15) is 4.39 Å². The summed E-state index contributed by atoms with van der Waals surface area (Å²) in [6.07, 6.45) is 2.09. The monoisotopic (exact) mass is 366 g/mol. The Morgan fingerprint density at radius 1 is 0.875 bits per heavy atom. The highest BCUT2D eigenvalue weighted by Gasteiger charge is 2.17. The first-order valence-electron chi connectivity index (χ1n) is 8.28. The molecule has 0 unspecified atom stereocenters. The van der Waals surface area contributed by atoms with Crippen molar-refractivity contribution in [3.8, 4) is 0 Å². The molecule has 0 spiro atoms. The molecule has 1 aliphatic heterocycles. The predicted molar refractivity (Wildman–Crippen MR) is 99.8 cm³/mol. The second kappa shape index (κ2) is 8.19. The number of nitrogens with zero attached hydrogens (tertiary/aromatic N) is 2. The number of benzene rings is 2. The topological polar surface area (TPSA) is 6.48 Å². The van der Waals surface area contributed by atoms with Crippen molar-refractivity contribution in [3.63, 3.8) is 0 Å². The van der Waals surface area contributed by atoms with E-state index in [1.807, 2.05) is 30.3 Å². The highest BCUT2D eigenvalue weighted by atomic mass is 35.5. The molecule has 1 aliphatic rings. The lowest BCUT2D eigenvalue weighted by Crippen LogP contribution is -2.46. The summed E-state index contributed by atoms with van der Waals surface area (Å²) in [4.78, 5) is 4.83. The number of hydrogen-bond donors (Lipinski definition) is 0. The first kappa shape index (κ1) is 17.5. The molecular weight excluding hydrogens is 346 g/mol. The predicted octanol–water partition coefficient (Wildman–Crippen LogP) is 4.89. The van der Waals surface area contributed by atoms with Crippen LogP contribution in [-0.4, -0.2) is 37.6 Å². The number of hydrogen-bond acceptors (Lipinski definition) is 2. The molecule has 0 amide bonds. The maximum Gasteiger partial charge on any atom is 0.123 e. The smallest absolute Gasteiger partial charge is 0.123 e. The highest BCUT2D eigenvalue weighted by molar-refractivity contribution is 6.42. The number of piperazine rings is 1. The van der Waals surface area contributed by atoms with Gasteiger partial charge in [0.15, 0.2) is 0 Å². The normalized spacial score (nSPS) is 15.7. The van der Waals surface area contributed by atoms with E-state index in [2.05, 4.69) is 9.80 Å². The van der Waals surface area contributed by atoms with Gasteiger partial charge in [-0.3, -0.25) is 4.90 Å². The van der Waals surface area contributed by atoms with E-state index in [1.165, 1.54) is 17.7 Å². The van der Waals surface area contributed by atoms with Crippen LogP contribution in [0.4, 0.5) is 10.1 Å². The van der Waals surface area contributed by atoms with Crippen LogP contribution in [0.1, 0.15) is 12.0 Å². The lowest BCUT2D eigenvalue weighted by Gasteiger charge is -2.36. The molecular formula is C19H21Cl2FN2. The third-order valence-corrected chi connectivity index (χ3v) is 5.23. The van der Waals surface area contributed by atoms with Crippen molar-refractivity contribution >= 4 is 28.9 Å². The Kier molecular flexibility index (Phi) is 5.99. The summed E-state index contributed by atoms with van der Waals surface area (Å²) in [5, 5.41) is 1.20. The van der Waals surface area contributed by atoms with Crippen molar-refractivity contribution in [2.24, 2.45) is 0 Å². The molecule has 0 aromatic heterocycles. The molecule has 1 fully saturated rings. The van der Waals surface area contributed by atoms with Gasteiger partial charge in [0.05, 0.1) is 10.0 Å². The fraction of sp³-hybridized carbons (Fsp3) is 0.368. The molecule has 0 atom stereocenters. The zero-order valence-electron chi connectivity index (χ0n) is 13.5. The summed E-state index contributed by atoms with van der Waals surface area (Å²) in [5.74, 6) is -0.169. The molecule has 2 nitrogen and oxygen atoms in total. The minimum absolute atomic E-state index is 0.169. The maximum atomic E-state index is 12.9. The summed E-state index contributed by atoms with van der Waals surface area (Å²) in [5.41, 5.74) is 2.33. The lowest BCUT2D eigenvalue weighted by atomic mass is 10.1. The van der Waals surface area contributed by atoms with E-state index in [0.717, 1.165) is 51.3 Å². The van der Waals surface area contributed by atoms with E-state index in [-0.39, 0.29) is 5.82 Å². The molecule has 128 valence electrons. The van der Waals surface area contributed by atoms with Gasteiger partial charge in [-0.25, -0.2) is 4.39 Å². The summed E-state index contributed by atoms with van der Waals surface area (Å²) >= 11 is 12.1. The average Bonchev–Trinajstić information content (AvgIpc) is 2.60. The number of anilines is 1. The number of halogens is 3. The van der Waals surface area contributed by atoms with Gasteiger partial charge >= 0.3 is 0 Å². The second-order valence-electron chi connectivity index (χ2n) is 6.16. The van der Waals surface area contributed by atoms with E-state index in [1.54, 1.807) is 0 Å². The molecule has 2 aromatic rings. The Morgan fingerprint density at radius 3 is 2.25 bits per heavy atom. The highest BCUT2D eigenvalue weighted by Crippen LogP contribution is 2.27. The van der Waals surface area contributed by atoms with Crippen LogP contribution >= 0.6 is 23.2 Å². The van der Waals surface area contributed by atoms with Crippen LogP contribution in [0.25, 0.3) is 0 Å². The largest absolute Gasteiger partial charge is 0.369 e. The van der Waals surface area contributed by atoms with Crippen LogP contribution in [0.3, 0.4) is 0 Å². The summed E-state index contributed by atoms with van der Waals surface area (Å²) in [7, 11) is 0. The molecule has 2 aromatic carbocycles. The SMILES string of the molecule is Fc1ccc(CCCN2CCN(c3ccc(Cl)c(Cl)c3)CC2)cc1. The van der Waals surface area contributed by atoms with Crippen LogP contribution in [0.15, 0.2) is 42.5 Å². The van der Waals surface area contributed by atoms with Gasteiger partial charge < -0.3 is 4.90 Å². The molecule has 0 saturated carbocycles. The standard InChI is InChI=1S/C19H21Cl2FN2/c20-18-8-7-17(14-19(18)21)24-12-10-23(11-13-24)9-1-2-15-3-5-16(22)6-4-15/h3-8,14H,1-2,9-13H2. The maximum absolute atomic E-state index is 12.9. The first-order valence-corrected chi connectivity index (χ1v) is 9.04. The van der Waals surface area contributed by atoms with Crippen LogP contribution in [0, 0.1) is 5.82 Å². The Hall–Kier alpha value is -1.29. The fourth-order valence-electron chi connectivity index (χ4n) is 3.07. The minimum atomic E-state index is -0.169. The average molecular weight is 367 g/mol. The molecule has 24 heavy (non-hydrogen) atoms. The molecule has 3 rings (SSSR count). The van der Waals surface area contributed by atoms with E-state index in [0.29, 0.717) is 10.0 Å². The Bertz CT molecular complexity index is 668. The second-order valence-corrected chi connectivity index (χ2v) is 6.97. The fourth-order valence-corrected chi connectivity index (χ4v) is 3.36. The van der Waals surface area contributed by atoms with Gasteiger partial charge in [0.1, 0.15) is 5.82 Å². The molecule has 0 aliphatic carbocycles. The first-order chi connectivity index (χ1) is 11.6. The van der Waals surface area contributed by atoms with Crippen LogP contribution < -0.4 is 4.90 Å². The van der Waals surface area contributed by atoms with Crippen molar-refractivity contribution in [1.82, 2.24) is 4.90 Å². The van der Waals surface area contributed by atoms with E-state index >= 15 is 0 Å². The Balaban J connectivity index is 1.43. The van der Waals surface area contributed by atoms with Gasteiger partial charge in [0.25, 0.3) is 0 Å². The van der Waals surface area contributed by atoms with Crippen LogP contribution in [-0.2, 0) is 6.42 Å². The van der Waals surface area contributed by atoms with Crippen molar-refractivity contribution in [1.29, 1.82) is 0 Å². The molecule has 0 N–H and O–H groups in total. The minimum Gasteiger partial charge on any atom is -0.369 e. The van der Waals surface area contributed by atoms with Crippen molar-refractivity contribution in [2.45, 2.75) is 12.8 Å². The molecule has 1 heterocycles. The third kappa shape index (κ3) is 4.62. The van der Waals surface area contributed by atoms with Crippen LogP contribution in [0.5, 0.6) is 0 Å². The molecule has 5 heteroatoms. The lowest BCUT2D eigenvalue weighted by molar-refractivity contribution is 0.255. The quantitative estimate of drug-likeness (QED) is 0.743. The summed E-state index contributed by atoms with van der Waals surface area (Å²) in [6.45, 7) is 5.16. The van der Waals surface area contributed by atoms with Crippen molar-refractivity contribution < 1.29 is 4.39 Å². The van der Waals surface area contributed by atoms with Gasteiger partial charge in [0.2, 0.25) is 0 Å². The van der Waals surface area contributed by atoms with Gasteiger partial charge in [-0.05, 0) is 55.3 Å². The van der Waals surface area contributed by atoms with Gasteiger partial charge in [-0.2, -0.15) is 0 Å². The van der Waals surface area contributed by atoms with Crippen molar-refractivity contribution in [3.05, 3.63) is 63.9 Å². The summed E-state index contributed by atoms with van der Waals surface area (Å²) in [6, 6.07) is 12.6. The third-order valence-electron chi connectivity index (χ3n) is 4.49. The van der Waals surface area contributed by atoms with E-state index in [4.69, 9.17) is 23.2 Å². The zero-order chi connectivity index (χ0) is 16.9. The van der Waals surface area contributed by atoms with Gasteiger partial charge in [-0.1, -0.05) is 35.3 Å². The van der Waals surface area contributed by atoms with Crippen molar-refractivity contribution in [2.75, 3.05) is 37.6 Å². The molecule has 1 saturated heterocycles. The Morgan fingerprint density at radius 2 is 1.58 bits per heavy atom. The summed E-state index contributed by atoms with van der Waals surface area (Å²) < 4.78 is 12.9.